The second kappa shape index (κ2) is 8.26. The summed E-state index contributed by atoms with van der Waals surface area (Å²) in [5.74, 6) is -0.549. The van der Waals surface area contributed by atoms with E-state index in [0.717, 1.165) is 23.0 Å². The molecule has 6 nitrogen and oxygen atoms in total. The van der Waals surface area contributed by atoms with Gasteiger partial charge in [0.1, 0.15) is 12.0 Å². The monoisotopic (exact) mass is 373 g/mol. The number of esters is 1. The number of benzene rings is 2. The van der Waals surface area contributed by atoms with Gasteiger partial charge in [-0.1, -0.05) is 42.5 Å². The second-order valence-corrected chi connectivity index (χ2v) is 6.07. The minimum atomic E-state index is -0.549. The first-order chi connectivity index (χ1) is 13.6. The summed E-state index contributed by atoms with van der Waals surface area (Å²) < 4.78 is 4.83. The van der Waals surface area contributed by atoms with Crippen molar-refractivity contribution in [1.82, 2.24) is 5.43 Å². The number of nitrogens with one attached hydrogen (secondary N) is 2. The van der Waals surface area contributed by atoms with Crippen molar-refractivity contribution in [2.24, 2.45) is 5.10 Å². The molecule has 2 aromatic rings. The number of ether oxygens (including phenoxy) is 1. The van der Waals surface area contributed by atoms with Crippen LogP contribution in [0.15, 0.2) is 71.4 Å². The maximum Gasteiger partial charge on any atom is 0.340 e. The van der Waals surface area contributed by atoms with Gasteiger partial charge in [0.15, 0.2) is 0 Å². The van der Waals surface area contributed by atoms with Gasteiger partial charge in [-0.3, -0.25) is 10.2 Å². The lowest BCUT2D eigenvalue weighted by atomic mass is 9.91. The van der Waals surface area contributed by atoms with E-state index in [-0.39, 0.29) is 17.0 Å². The van der Waals surface area contributed by atoms with Crippen LogP contribution in [0.25, 0.3) is 16.7 Å². The number of allylic oxidation sites excluding steroid dienone is 3. The molecular weight excluding hydrogens is 354 g/mol. The van der Waals surface area contributed by atoms with Crippen LogP contribution in [0.2, 0.25) is 0 Å². The number of hydrogen-bond donors (Lipinski definition) is 2. The van der Waals surface area contributed by atoms with Crippen molar-refractivity contribution in [2.45, 2.75) is 0 Å². The van der Waals surface area contributed by atoms with Crippen molar-refractivity contribution >= 4 is 29.3 Å². The molecule has 3 rings (SSSR count). The van der Waals surface area contributed by atoms with Gasteiger partial charge in [-0.2, -0.15) is 5.10 Å². The van der Waals surface area contributed by atoms with Crippen molar-refractivity contribution in [3.05, 3.63) is 77.4 Å². The zero-order valence-corrected chi connectivity index (χ0v) is 15.5. The number of nitrogens with zero attached hydrogens (tertiary/aromatic N) is 1. The van der Waals surface area contributed by atoms with Crippen LogP contribution in [-0.4, -0.2) is 37.8 Å². The summed E-state index contributed by atoms with van der Waals surface area (Å²) in [5.41, 5.74) is 7.28. The third-order valence-corrected chi connectivity index (χ3v) is 4.31. The van der Waals surface area contributed by atoms with E-state index in [9.17, 15) is 9.59 Å². The quantitative estimate of drug-likeness (QED) is 0.364. The van der Waals surface area contributed by atoms with Crippen LogP contribution in [-0.2, 0) is 9.53 Å². The Morgan fingerprint density at radius 3 is 2.43 bits per heavy atom. The van der Waals surface area contributed by atoms with Crippen LogP contribution in [0.4, 0.5) is 0 Å². The maximum absolute atomic E-state index is 12.1. The van der Waals surface area contributed by atoms with Crippen molar-refractivity contribution in [1.29, 1.82) is 5.41 Å². The number of aldehydes is 1. The Bertz CT molecular complexity index is 1030. The average molecular weight is 373 g/mol. The molecule has 2 aromatic carbocycles. The third-order valence-electron chi connectivity index (χ3n) is 4.31. The molecule has 0 saturated carbocycles. The van der Waals surface area contributed by atoms with E-state index in [0.29, 0.717) is 11.1 Å². The molecule has 140 valence electrons. The van der Waals surface area contributed by atoms with Crippen LogP contribution < -0.4 is 5.43 Å². The van der Waals surface area contributed by atoms with E-state index in [4.69, 9.17) is 10.1 Å². The fourth-order valence-corrected chi connectivity index (χ4v) is 2.95. The van der Waals surface area contributed by atoms with Gasteiger partial charge in [0, 0.05) is 12.6 Å². The van der Waals surface area contributed by atoms with E-state index in [2.05, 4.69) is 10.5 Å². The molecule has 0 unspecified atom stereocenters. The molecule has 0 aliphatic heterocycles. The number of hydrazone groups is 1. The lowest BCUT2D eigenvalue weighted by molar-refractivity contribution is -0.135. The summed E-state index contributed by atoms with van der Waals surface area (Å²) in [6.45, 7) is 0. The zero-order chi connectivity index (χ0) is 20.1. The molecule has 0 spiro atoms. The molecule has 0 bridgehead atoms. The van der Waals surface area contributed by atoms with Gasteiger partial charge in [-0.05, 0) is 40.5 Å². The molecule has 0 aromatic heterocycles. The molecule has 0 fully saturated rings. The van der Waals surface area contributed by atoms with E-state index >= 15 is 0 Å². The first-order valence-corrected chi connectivity index (χ1v) is 8.59. The summed E-state index contributed by atoms with van der Waals surface area (Å²) in [6.07, 6.45) is 4.15. The molecule has 28 heavy (non-hydrogen) atoms. The molecule has 0 heterocycles. The Labute approximate surface area is 162 Å². The van der Waals surface area contributed by atoms with Crippen molar-refractivity contribution < 1.29 is 14.3 Å². The summed E-state index contributed by atoms with van der Waals surface area (Å²) in [5, 5.41) is 12.2. The minimum absolute atomic E-state index is 0.120. The van der Waals surface area contributed by atoms with Gasteiger partial charge in [0.05, 0.1) is 18.4 Å². The van der Waals surface area contributed by atoms with Crippen LogP contribution >= 0.6 is 0 Å². The van der Waals surface area contributed by atoms with Crippen LogP contribution in [0.1, 0.15) is 15.9 Å². The van der Waals surface area contributed by atoms with Crippen LogP contribution in [0.3, 0.4) is 0 Å². The Balaban J connectivity index is 1.97. The Morgan fingerprint density at radius 2 is 1.79 bits per heavy atom. The fraction of sp³-hybridized carbons (Fsp3) is 0.0909. The smallest absolute Gasteiger partial charge is 0.340 e. The summed E-state index contributed by atoms with van der Waals surface area (Å²) in [4.78, 5) is 23.1. The Hall–Kier alpha value is -3.80. The van der Waals surface area contributed by atoms with Gasteiger partial charge in [0.25, 0.3) is 0 Å². The highest BCUT2D eigenvalue weighted by Gasteiger charge is 2.24. The number of rotatable bonds is 5. The minimum Gasteiger partial charge on any atom is -0.465 e. The Morgan fingerprint density at radius 1 is 1.07 bits per heavy atom. The van der Waals surface area contributed by atoms with Crippen molar-refractivity contribution in [2.75, 3.05) is 14.2 Å². The molecule has 2 N–H and O–H groups in total. The SMILES string of the molecule is CN/N=C1\C(=N)C=C(c2ccc(-c3cccc(C=O)c3)cc2)C=C1C(=O)OC. The highest BCUT2D eigenvalue weighted by atomic mass is 16.5. The predicted molar refractivity (Wildman–Crippen MR) is 110 cm³/mol. The van der Waals surface area contributed by atoms with Gasteiger partial charge in [0.2, 0.25) is 0 Å². The molecule has 1 aliphatic rings. The van der Waals surface area contributed by atoms with Crippen LogP contribution in [0.5, 0.6) is 0 Å². The first kappa shape index (κ1) is 19.0. The zero-order valence-electron chi connectivity index (χ0n) is 15.5. The van der Waals surface area contributed by atoms with Gasteiger partial charge >= 0.3 is 5.97 Å². The third kappa shape index (κ3) is 3.81. The van der Waals surface area contributed by atoms with Crippen molar-refractivity contribution in [3.63, 3.8) is 0 Å². The van der Waals surface area contributed by atoms with E-state index in [1.165, 1.54) is 7.11 Å². The van der Waals surface area contributed by atoms with Crippen molar-refractivity contribution in [3.8, 4) is 11.1 Å². The summed E-state index contributed by atoms with van der Waals surface area (Å²) >= 11 is 0. The summed E-state index contributed by atoms with van der Waals surface area (Å²) in [7, 11) is 2.90. The normalized spacial score (nSPS) is 14.9. The lowest BCUT2D eigenvalue weighted by Gasteiger charge is -2.16. The standard InChI is InChI=1S/C22H19N3O3/c1-24-25-21-19(22(27)28-2)11-18(12-20(21)23)16-8-6-15(7-9-16)17-5-3-4-14(10-17)13-26/h3-13,23-24H,1-2H3/b23-20?,25-21-. The molecular formula is C22H19N3O3. The first-order valence-electron chi connectivity index (χ1n) is 8.59. The maximum atomic E-state index is 12.1. The fourth-order valence-electron chi connectivity index (χ4n) is 2.95. The molecule has 0 atom stereocenters. The molecule has 1 aliphatic carbocycles. The highest BCUT2D eigenvalue weighted by molar-refractivity contribution is 6.57. The number of hydrogen-bond acceptors (Lipinski definition) is 6. The molecule has 6 heteroatoms. The Kier molecular flexibility index (Phi) is 5.60. The highest BCUT2D eigenvalue weighted by Crippen LogP contribution is 2.27. The molecule has 0 amide bonds. The number of carbonyl (C=O) groups is 2. The number of carbonyl (C=O) groups excluding carboxylic acids is 2. The topological polar surface area (TPSA) is 91.6 Å². The largest absolute Gasteiger partial charge is 0.465 e. The van der Waals surface area contributed by atoms with Gasteiger partial charge in [-0.15, -0.1) is 0 Å². The van der Waals surface area contributed by atoms with Gasteiger partial charge in [-0.25, -0.2) is 4.79 Å². The average Bonchev–Trinajstić information content (AvgIpc) is 2.74. The van der Waals surface area contributed by atoms with Gasteiger partial charge < -0.3 is 10.2 Å². The van der Waals surface area contributed by atoms with E-state index in [1.807, 2.05) is 42.5 Å². The summed E-state index contributed by atoms with van der Waals surface area (Å²) in [6, 6.07) is 15.1. The van der Waals surface area contributed by atoms with E-state index < -0.39 is 5.97 Å². The van der Waals surface area contributed by atoms with E-state index in [1.54, 1.807) is 25.3 Å². The molecule has 0 saturated heterocycles. The predicted octanol–water partition coefficient (Wildman–Crippen LogP) is 3.26. The van der Waals surface area contributed by atoms with Crippen LogP contribution in [0, 0.1) is 5.41 Å². The number of methoxy groups -OCH3 is 1. The molecule has 0 radical (unpaired) electrons. The second-order valence-electron chi connectivity index (χ2n) is 6.07. The lowest BCUT2D eigenvalue weighted by Crippen LogP contribution is -2.26.